The summed E-state index contributed by atoms with van der Waals surface area (Å²) in [6, 6.07) is 3.43. The van der Waals surface area contributed by atoms with E-state index in [0.29, 0.717) is 55.5 Å². The summed E-state index contributed by atoms with van der Waals surface area (Å²) in [5.41, 5.74) is 1.95. The lowest BCUT2D eigenvalue weighted by atomic mass is 10.1. The van der Waals surface area contributed by atoms with Crippen molar-refractivity contribution in [3.05, 3.63) is 34.2 Å². The summed E-state index contributed by atoms with van der Waals surface area (Å²) in [7, 11) is 1.53. The Kier molecular flexibility index (Phi) is 5.96. The van der Waals surface area contributed by atoms with E-state index in [4.69, 9.17) is 9.47 Å². The number of hydrogen-bond acceptors (Lipinski definition) is 8. The van der Waals surface area contributed by atoms with Gasteiger partial charge in [-0.05, 0) is 33.3 Å². The number of ether oxygens (including phenoxy) is 2. The lowest BCUT2D eigenvalue weighted by Gasteiger charge is -2.37. The molecule has 1 aliphatic rings. The number of anilines is 1. The van der Waals surface area contributed by atoms with E-state index in [1.54, 1.807) is 23.2 Å². The third kappa shape index (κ3) is 4.62. The van der Waals surface area contributed by atoms with Gasteiger partial charge in [0.05, 0.1) is 12.8 Å². The van der Waals surface area contributed by atoms with Gasteiger partial charge in [-0.3, -0.25) is 4.79 Å². The second kappa shape index (κ2) is 8.72. The number of amides is 1. The second-order valence-electron chi connectivity index (χ2n) is 8.83. The zero-order chi connectivity index (χ0) is 23.8. The van der Waals surface area contributed by atoms with Gasteiger partial charge in [-0.15, -0.1) is 15.0 Å². The number of methoxy groups -OCH3 is 1. The Balaban J connectivity index is 1.62. The van der Waals surface area contributed by atoms with Crippen LogP contribution in [0.2, 0.25) is 0 Å². The van der Waals surface area contributed by atoms with Crippen molar-refractivity contribution in [3.8, 4) is 11.6 Å². The van der Waals surface area contributed by atoms with Gasteiger partial charge in [-0.2, -0.15) is 0 Å². The van der Waals surface area contributed by atoms with Crippen LogP contribution in [0.4, 0.5) is 10.5 Å². The number of piperazine rings is 1. The van der Waals surface area contributed by atoms with E-state index < -0.39 is 5.60 Å². The Morgan fingerprint density at radius 3 is 2.55 bits per heavy atom. The third-order valence-corrected chi connectivity index (χ3v) is 5.36. The number of H-pyrrole nitrogens is 1. The minimum atomic E-state index is -0.545. The number of fused-ring (bicyclic) bond motifs is 1. The van der Waals surface area contributed by atoms with E-state index in [2.05, 4.69) is 20.2 Å². The number of aromatic amines is 1. The van der Waals surface area contributed by atoms with Crippen LogP contribution in [0.1, 0.15) is 33.4 Å². The zero-order valence-electron chi connectivity index (χ0n) is 19.6. The molecule has 0 radical (unpaired) electrons. The highest BCUT2D eigenvalue weighted by atomic mass is 16.6. The summed E-state index contributed by atoms with van der Waals surface area (Å²) in [6.07, 6.45) is 1.89. The summed E-state index contributed by atoms with van der Waals surface area (Å²) in [4.78, 5) is 38.3. The van der Waals surface area contributed by atoms with E-state index >= 15 is 0 Å². The molecule has 0 aliphatic carbocycles. The van der Waals surface area contributed by atoms with E-state index in [0.717, 1.165) is 5.69 Å². The van der Waals surface area contributed by atoms with Crippen molar-refractivity contribution in [2.75, 3.05) is 38.2 Å². The number of nitrogens with zero attached hydrogens (tertiary/aromatic N) is 6. The molecule has 1 fully saturated rings. The van der Waals surface area contributed by atoms with E-state index in [1.165, 1.54) is 11.9 Å². The van der Waals surface area contributed by atoms with Crippen molar-refractivity contribution in [1.82, 2.24) is 29.9 Å². The van der Waals surface area contributed by atoms with Crippen LogP contribution >= 0.6 is 0 Å². The minimum Gasteiger partial charge on any atom is -0.481 e. The largest absolute Gasteiger partial charge is 0.481 e. The first-order chi connectivity index (χ1) is 15.7. The SMILES string of the molecule is CCc1[nH]c2nn(-c3ccnc(OC)c3)nc2c(=O)c1N1CCN(C(=O)OC(C)(C)C)CC1. The molecular formula is C22H29N7O4. The Labute approximate surface area is 191 Å². The van der Waals surface area contributed by atoms with Gasteiger partial charge < -0.3 is 24.3 Å². The molecule has 1 saturated heterocycles. The third-order valence-electron chi connectivity index (χ3n) is 5.36. The molecule has 3 aromatic rings. The van der Waals surface area contributed by atoms with Crippen LogP contribution in [0.5, 0.6) is 5.88 Å². The van der Waals surface area contributed by atoms with Crippen LogP contribution in [-0.4, -0.2) is 74.8 Å². The van der Waals surface area contributed by atoms with Crippen molar-refractivity contribution in [2.24, 2.45) is 0 Å². The maximum atomic E-state index is 13.5. The molecule has 0 saturated carbocycles. The maximum absolute atomic E-state index is 13.5. The average molecular weight is 456 g/mol. The molecule has 0 aromatic carbocycles. The predicted molar refractivity (Wildman–Crippen MR) is 123 cm³/mol. The first kappa shape index (κ1) is 22.6. The molecule has 33 heavy (non-hydrogen) atoms. The summed E-state index contributed by atoms with van der Waals surface area (Å²) in [5.74, 6) is 0.429. The molecule has 0 spiro atoms. The van der Waals surface area contributed by atoms with Gasteiger partial charge in [0.2, 0.25) is 11.3 Å². The summed E-state index contributed by atoms with van der Waals surface area (Å²) in [6.45, 7) is 9.51. The fraction of sp³-hybridized carbons (Fsp3) is 0.500. The van der Waals surface area contributed by atoms with Crippen molar-refractivity contribution < 1.29 is 14.3 Å². The molecule has 0 unspecified atom stereocenters. The fourth-order valence-corrected chi connectivity index (χ4v) is 3.77. The smallest absolute Gasteiger partial charge is 0.410 e. The highest BCUT2D eigenvalue weighted by Crippen LogP contribution is 2.21. The number of carbonyl (C=O) groups is 1. The standard InChI is InChI=1S/C22H29N7O4/c1-6-15-18(27-9-11-28(12-10-27)21(31)33-22(2,3)4)19(30)17-20(24-15)26-29(25-17)14-7-8-23-16(13-14)32-5/h7-8,13H,6,9-12H2,1-5H3,(H,24,26). The Bertz CT molecular complexity index is 1220. The number of carbonyl (C=O) groups excluding carboxylic acids is 1. The summed E-state index contributed by atoms with van der Waals surface area (Å²) in [5, 5.41) is 8.90. The first-order valence-electron chi connectivity index (χ1n) is 11.0. The zero-order valence-corrected chi connectivity index (χ0v) is 19.6. The fourth-order valence-electron chi connectivity index (χ4n) is 3.77. The van der Waals surface area contributed by atoms with E-state index in [-0.39, 0.29) is 17.0 Å². The van der Waals surface area contributed by atoms with Crippen molar-refractivity contribution in [2.45, 2.75) is 39.7 Å². The number of aryl methyl sites for hydroxylation is 1. The van der Waals surface area contributed by atoms with Gasteiger partial charge in [-0.25, -0.2) is 9.78 Å². The molecule has 4 rings (SSSR count). The van der Waals surface area contributed by atoms with Gasteiger partial charge in [0.1, 0.15) is 11.3 Å². The lowest BCUT2D eigenvalue weighted by molar-refractivity contribution is 0.0240. The van der Waals surface area contributed by atoms with Crippen molar-refractivity contribution in [3.63, 3.8) is 0 Å². The van der Waals surface area contributed by atoms with Gasteiger partial charge >= 0.3 is 6.09 Å². The highest BCUT2D eigenvalue weighted by molar-refractivity contribution is 5.76. The average Bonchev–Trinajstić information content (AvgIpc) is 3.22. The monoisotopic (exact) mass is 455 g/mol. The Morgan fingerprint density at radius 2 is 1.91 bits per heavy atom. The van der Waals surface area contributed by atoms with Crippen LogP contribution in [0.3, 0.4) is 0 Å². The Morgan fingerprint density at radius 1 is 1.18 bits per heavy atom. The Hall–Kier alpha value is -3.63. The predicted octanol–water partition coefficient (Wildman–Crippen LogP) is 2.13. The summed E-state index contributed by atoms with van der Waals surface area (Å²) >= 11 is 0. The quantitative estimate of drug-likeness (QED) is 0.636. The number of hydrogen-bond donors (Lipinski definition) is 1. The van der Waals surface area contributed by atoms with Crippen molar-refractivity contribution in [1.29, 1.82) is 0 Å². The highest BCUT2D eigenvalue weighted by Gasteiger charge is 2.28. The maximum Gasteiger partial charge on any atom is 0.410 e. The second-order valence-corrected chi connectivity index (χ2v) is 8.83. The number of aromatic nitrogens is 5. The van der Waals surface area contributed by atoms with Crippen LogP contribution in [0.25, 0.3) is 16.9 Å². The molecule has 1 amide bonds. The lowest BCUT2D eigenvalue weighted by Crippen LogP contribution is -2.51. The number of rotatable bonds is 4. The van der Waals surface area contributed by atoms with Gasteiger partial charge in [-0.1, -0.05) is 6.92 Å². The molecule has 4 heterocycles. The van der Waals surface area contributed by atoms with Gasteiger partial charge in [0, 0.05) is 44.1 Å². The van der Waals surface area contributed by atoms with Crippen LogP contribution in [0.15, 0.2) is 23.1 Å². The number of pyridine rings is 2. The molecule has 0 atom stereocenters. The topological polar surface area (TPSA) is 118 Å². The normalized spacial score (nSPS) is 14.6. The van der Waals surface area contributed by atoms with Crippen LogP contribution in [-0.2, 0) is 11.2 Å². The molecule has 1 N–H and O–H groups in total. The van der Waals surface area contributed by atoms with Crippen molar-refractivity contribution >= 4 is 22.9 Å². The molecule has 11 nitrogen and oxygen atoms in total. The summed E-state index contributed by atoms with van der Waals surface area (Å²) < 4.78 is 10.6. The van der Waals surface area contributed by atoms with E-state index in [9.17, 15) is 9.59 Å². The van der Waals surface area contributed by atoms with Crippen LogP contribution in [0, 0.1) is 0 Å². The minimum absolute atomic E-state index is 0.182. The molecule has 0 bridgehead atoms. The van der Waals surface area contributed by atoms with E-state index in [1.807, 2.05) is 32.6 Å². The molecule has 1 aliphatic heterocycles. The molecular weight excluding hydrogens is 426 g/mol. The van der Waals surface area contributed by atoms with Gasteiger partial charge in [0.15, 0.2) is 11.2 Å². The molecule has 3 aromatic heterocycles. The van der Waals surface area contributed by atoms with Gasteiger partial charge in [0.25, 0.3) is 0 Å². The first-order valence-corrected chi connectivity index (χ1v) is 11.0. The molecule has 176 valence electrons. The molecule has 11 heteroatoms. The van der Waals surface area contributed by atoms with Crippen LogP contribution < -0.4 is 15.1 Å². The number of nitrogens with one attached hydrogen (secondary N) is 1.